The van der Waals surface area contributed by atoms with Crippen molar-refractivity contribution < 1.29 is 14.0 Å². The number of unbranched alkanes of at least 4 members (excludes halogenated alkanes) is 1. The molecule has 1 saturated heterocycles. The summed E-state index contributed by atoms with van der Waals surface area (Å²) in [6, 6.07) is 10.2. The molecule has 1 aromatic heterocycles. The van der Waals surface area contributed by atoms with Gasteiger partial charge in [0.15, 0.2) is 0 Å². The third kappa shape index (κ3) is 7.67. The molecule has 2 aromatic rings. The summed E-state index contributed by atoms with van der Waals surface area (Å²) >= 11 is 1.34. The van der Waals surface area contributed by atoms with E-state index in [0.29, 0.717) is 11.6 Å². The van der Waals surface area contributed by atoms with Crippen molar-refractivity contribution in [3.8, 4) is 0 Å². The topological polar surface area (TPSA) is 88.3 Å². The number of thioether (sulfide) groups is 1. The van der Waals surface area contributed by atoms with E-state index in [1.807, 2.05) is 26.2 Å². The number of hydrogen-bond acceptors (Lipinski definition) is 7. The van der Waals surface area contributed by atoms with Gasteiger partial charge in [-0.2, -0.15) is 0 Å². The highest BCUT2D eigenvalue weighted by atomic mass is 32.2. The molecule has 3 rings (SSSR count). The fourth-order valence-electron chi connectivity index (χ4n) is 4.37. The standard InChI is InChI=1S/C25H36N4O3S/c1-18(2)17-20(24-27-28-25(32-24)33-3)22(30)26-23(31)21-14-8-10-16-29(21)15-9-7-13-19-11-5-4-6-12-19/h4-6,11-12,18,20-21H,7-10,13-17H2,1-3H3,(H,26,30,31)/t20-,21+/m1/s1. The van der Waals surface area contributed by atoms with E-state index in [2.05, 4.69) is 44.7 Å². The molecule has 8 heteroatoms. The number of nitrogens with zero attached hydrogens (tertiary/aromatic N) is 3. The average Bonchev–Trinajstić information content (AvgIpc) is 3.30. The molecule has 0 spiro atoms. The van der Waals surface area contributed by atoms with Crippen LogP contribution in [0.4, 0.5) is 0 Å². The lowest BCUT2D eigenvalue weighted by Crippen LogP contribution is -2.51. The summed E-state index contributed by atoms with van der Waals surface area (Å²) in [5.74, 6) is -0.651. The van der Waals surface area contributed by atoms with Crippen molar-refractivity contribution in [2.75, 3.05) is 19.3 Å². The van der Waals surface area contributed by atoms with Crippen molar-refractivity contribution in [2.24, 2.45) is 5.92 Å². The minimum absolute atomic E-state index is 0.207. The van der Waals surface area contributed by atoms with Crippen molar-refractivity contribution in [2.45, 2.75) is 76.0 Å². The number of hydrogen-bond donors (Lipinski definition) is 1. The van der Waals surface area contributed by atoms with Gasteiger partial charge in [0.25, 0.3) is 5.22 Å². The van der Waals surface area contributed by atoms with Crippen LogP contribution in [0.2, 0.25) is 0 Å². The predicted octanol–water partition coefficient (Wildman–Crippen LogP) is 4.44. The Balaban J connectivity index is 1.56. The van der Waals surface area contributed by atoms with Gasteiger partial charge in [0, 0.05) is 0 Å². The van der Waals surface area contributed by atoms with E-state index in [9.17, 15) is 9.59 Å². The van der Waals surface area contributed by atoms with Crippen LogP contribution in [0.1, 0.15) is 69.7 Å². The molecule has 1 aliphatic rings. The first kappa shape index (κ1) is 25.4. The highest BCUT2D eigenvalue weighted by Crippen LogP contribution is 2.26. The number of piperidine rings is 1. The Morgan fingerprint density at radius 1 is 1.18 bits per heavy atom. The van der Waals surface area contributed by atoms with Gasteiger partial charge in [-0.3, -0.25) is 19.8 Å². The summed E-state index contributed by atoms with van der Waals surface area (Å²) in [5.41, 5.74) is 1.35. The van der Waals surface area contributed by atoms with Crippen LogP contribution < -0.4 is 5.32 Å². The summed E-state index contributed by atoms with van der Waals surface area (Å²) in [6.07, 6.45) is 8.42. The van der Waals surface area contributed by atoms with Crippen molar-refractivity contribution in [1.29, 1.82) is 0 Å². The maximum Gasteiger partial charge on any atom is 0.276 e. The SMILES string of the molecule is CSc1nnc([C@H](CC(C)C)C(=O)NC(=O)[C@@H]2CCCCN2CCCCc2ccccc2)o1. The maximum atomic E-state index is 13.1. The van der Waals surface area contributed by atoms with Crippen LogP contribution >= 0.6 is 11.8 Å². The molecule has 7 nitrogen and oxygen atoms in total. The van der Waals surface area contributed by atoms with Gasteiger partial charge >= 0.3 is 0 Å². The molecule has 0 bridgehead atoms. The Hall–Kier alpha value is -2.19. The largest absolute Gasteiger partial charge is 0.415 e. The summed E-state index contributed by atoms with van der Waals surface area (Å²) in [6.45, 7) is 5.83. The van der Waals surface area contributed by atoms with Gasteiger partial charge in [-0.05, 0) is 69.4 Å². The van der Waals surface area contributed by atoms with Gasteiger partial charge < -0.3 is 4.42 Å². The monoisotopic (exact) mass is 472 g/mol. The van der Waals surface area contributed by atoms with Gasteiger partial charge in [0.1, 0.15) is 5.92 Å². The van der Waals surface area contributed by atoms with Crippen molar-refractivity contribution in [1.82, 2.24) is 20.4 Å². The number of likely N-dealkylation sites (tertiary alicyclic amines) is 1. The van der Waals surface area contributed by atoms with Gasteiger partial charge in [-0.15, -0.1) is 10.2 Å². The lowest BCUT2D eigenvalue weighted by Gasteiger charge is -2.34. The summed E-state index contributed by atoms with van der Waals surface area (Å²) in [4.78, 5) is 28.4. The lowest BCUT2D eigenvalue weighted by atomic mass is 9.95. The number of aryl methyl sites for hydroxylation is 1. The first-order chi connectivity index (χ1) is 16.0. The van der Waals surface area contributed by atoms with Gasteiger partial charge in [-0.25, -0.2) is 0 Å². The quantitative estimate of drug-likeness (QED) is 0.382. The van der Waals surface area contributed by atoms with E-state index >= 15 is 0 Å². The first-order valence-corrected chi connectivity index (χ1v) is 13.2. The number of rotatable bonds is 11. The minimum atomic E-state index is -0.620. The molecule has 0 unspecified atom stereocenters. The molecule has 1 aliphatic heterocycles. The van der Waals surface area contributed by atoms with E-state index in [1.54, 1.807) is 0 Å². The van der Waals surface area contributed by atoms with Crippen LogP contribution in [-0.4, -0.2) is 52.3 Å². The Kier molecular flexibility index (Phi) is 9.94. The van der Waals surface area contributed by atoms with Gasteiger partial charge in [0.05, 0.1) is 6.04 Å². The molecule has 180 valence electrons. The molecule has 0 saturated carbocycles. The average molecular weight is 473 g/mol. The second-order valence-corrected chi connectivity index (χ2v) is 9.89. The minimum Gasteiger partial charge on any atom is -0.415 e. The number of aromatic nitrogens is 2. The van der Waals surface area contributed by atoms with Crippen LogP contribution in [-0.2, 0) is 16.0 Å². The molecule has 2 amide bonds. The summed E-state index contributed by atoms with van der Waals surface area (Å²) in [7, 11) is 0. The number of imide groups is 1. The van der Waals surface area contributed by atoms with E-state index in [0.717, 1.165) is 51.6 Å². The highest BCUT2D eigenvalue weighted by molar-refractivity contribution is 7.98. The molecule has 0 radical (unpaired) electrons. The van der Waals surface area contributed by atoms with Crippen molar-refractivity contribution in [3.63, 3.8) is 0 Å². The predicted molar refractivity (Wildman–Crippen MR) is 130 cm³/mol. The number of carbonyl (C=O) groups excluding carboxylic acids is 2. The zero-order chi connectivity index (χ0) is 23.6. The molecule has 33 heavy (non-hydrogen) atoms. The number of carbonyl (C=O) groups is 2. The summed E-state index contributed by atoms with van der Waals surface area (Å²) in [5, 5.41) is 11.1. The Bertz CT molecular complexity index is 887. The van der Waals surface area contributed by atoms with Crippen molar-refractivity contribution in [3.05, 3.63) is 41.8 Å². The number of amides is 2. The van der Waals surface area contributed by atoms with E-state index in [1.165, 1.54) is 17.3 Å². The highest BCUT2D eigenvalue weighted by Gasteiger charge is 2.33. The van der Waals surface area contributed by atoms with E-state index in [4.69, 9.17) is 4.42 Å². The molecule has 0 aliphatic carbocycles. The Morgan fingerprint density at radius 2 is 1.97 bits per heavy atom. The van der Waals surface area contributed by atoms with Crippen LogP contribution in [0.5, 0.6) is 0 Å². The normalized spacial score (nSPS) is 17.8. The molecule has 1 aromatic carbocycles. The number of benzene rings is 1. The second kappa shape index (κ2) is 12.9. The Morgan fingerprint density at radius 3 is 2.67 bits per heavy atom. The molecule has 1 N–H and O–H groups in total. The zero-order valence-corrected chi connectivity index (χ0v) is 20.8. The van der Waals surface area contributed by atoms with Crippen LogP contribution in [0.3, 0.4) is 0 Å². The molecule has 2 heterocycles. The number of nitrogens with one attached hydrogen (secondary N) is 1. The maximum absolute atomic E-state index is 13.1. The van der Waals surface area contributed by atoms with Crippen LogP contribution in [0.15, 0.2) is 40.0 Å². The van der Waals surface area contributed by atoms with E-state index < -0.39 is 5.92 Å². The fourth-order valence-corrected chi connectivity index (χ4v) is 4.66. The van der Waals surface area contributed by atoms with E-state index in [-0.39, 0.29) is 29.7 Å². The smallest absolute Gasteiger partial charge is 0.276 e. The first-order valence-electron chi connectivity index (χ1n) is 12.0. The molecule has 1 fully saturated rings. The summed E-state index contributed by atoms with van der Waals surface area (Å²) < 4.78 is 5.63. The molecular weight excluding hydrogens is 436 g/mol. The molecule has 2 atom stereocenters. The third-order valence-electron chi connectivity index (χ3n) is 6.08. The van der Waals surface area contributed by atoms with Crippen LogP contribution in [0, 0.1) is 5.92 Å². The second-order valence-electron chi connectivity index (χ2n) is 9.14. The molecular formula is C25H36N4O3S. The Labute approximate surface area is 201 Å². The van der Waals surface area contributed by atoms with Crippen LogP contribution in [0.25, 0.3) is 0 Å². The third-order valence-corrected chi connectivity index (χ3v) is 6.60. The fraction of sp³-hybridized carbons (Fsp3) is 0.600. The van der Waals surface area contributed by atoms with Gasteiger partial charge in [0.2, 0.25) is 17.7 Å². The van der Waals surface area contributed by atoms with Gasteiger partial charge in [-0.1, -0.05) is 62.4 Å². The zero-order valence-electron chi connectivity index (χ0n) is 20.0. The lowest BCUT2D eigenvalue weighted by molar-refractivity contribution is -0.135. The van der Waals surface area contributed by atoms with Crippen molar-refractivity contribution >= 4 is 23.6 Å².